The van der Waals surface area contributed by atoms with Gasteiger partial charge in [-0.15, -0.1) is 0 Å². The molecule has 96 valence electrons. The van der Waals surface area contributed by atoms with Gasteiger partial charge in [-0.25, -0.2) is 4.98 Å². The highest BCUT2D eigenvalue weighted by Gasteiger charge is 2.17. The van der Waals surface area contributed by atoms with Crippen molar-refractivity contribution < 1.29 is 9.90 Å². The van der Waals surface area contributed by atoms with Crippen LogP contribution in [0, 0.1) is 5.92 Å². The lowest BCUT2D eigenvalue weighted by molar-refractivity contribution is 0.0892. The van der Waals surface area contributed by atoms with Crippen LogP contribution in [0.4, 0.5) is 0 Å². The Morgan fingerprint density at radius 1 is 1.65 bits per heavy atom. The molecule has 17 heavy (non-hydrogen) atoms. The molecule has 0 unspecified atom stereocenters. The normalized spacial score (nSPS) is 12.8. The molecule has 0 bridgehead atoms. The second-order valence-electron chi connectivity index (χ2n) is 4.29. The zero-order valence-corrected chi connectivity index (χ0v) is 10.3. The average molecular weight is 240 g/mol. The number of carbonyl (C=O) groups excluding carboxylic acids is 1. The number of hydrogen-bond donors (Lipinski definition) is 3. The van der Waals surface area contributed by atoms with Gasteiger partial charge in [0.1, 0.15) is 5.69 Å². The molecule has 0 aliphatic carbocycles. The topological polar surface area (TPSA) is 93.2 Å². The minimum Gasteiger partial charge on any atom is -0.394 e. The summed E-state index contributed by atoms with van der Waals surface area (Å²) in [5.41, 5.74) is 5.75. The van der Waals surface area contributed by atoms with Crippen molar-refractivity contribution in [1.82, 2.24) is 14.9 Å². The first kappa shape index (κ1) is 13.7. The second kappa shape index (κ2) is 6.36. The molecule has 1 aromatic heterocycles. The summed E-state index contributed by atoms with van der Waals surface area (Å²) in [7, 11) is 0. The van der Waals surface area contributed by atoms with Crippen molar-refractivity contribution in [3.05, 3.63) is 18.2 Å². The molecule has 0 saturated heterocycles. The summed E-state index contributed by atoms with van der Waals surface area (Å²) in [4.78, 5) is 15.8. The van der Waals surface area contributed by atoms with Gasteiger partial charge in [0.2, 0.25) is 0 Å². The third-order valence-corrected chi connectivity index (χ3v) is 2.57. The van der Waals surface area contributed by atoms with E-state index in [2.05, 4.69) is 10.3 Å². The van der Waals surface area contributed by atoms with Crippen molar-refractivity contribution >= 4 is 5.91 Å². The van der Waals surface area contributed by atoms with Crippen molar-refractivity contribution in [2.24, 2.45) is 11.7 Å². The Labute approximate surface area is 101 Å². The minimum atomic E-state index is -0.270. The first-order chi connectivity index (χ1) is 8.08. The molecule has 1 atom stereocenters. The van der Waals surface area contributed by atoms with Crippen LogP contribution < -0.4 is 11.1 Å². The molecule has 0 radical (unpaired) electrons. The lowest BCUT2D eigenvalue weighted by atomic mass is 10.1. The zero-order chi connectivity index (χ0) is 12.8. The molecule has 0 saturated carbocycles. The largest absolute Gasteiger partial charge is 0.394 e. The monoisotopic (exact) mass is 240 g/mol. The van der Waals surface area contributed by atoms with Crippen LogP contribution in [-0.4, -0.2) is 39.8 Å². The number of hydrogen-bond acceptors (Lipinski definition) is 4. The Kier molecular flexibility index (Phi) is 5.11. The van der Waals surface area contributed by atoms with E-state index in [9.17, 15) is 4.79 Å². The third kappa shape index (κ3) is 3.83. The Morgan fingerprint density at radius 2 is 2.35 bits per heavy atom. The van der Waals surface area contributed by atoms with E-state index in [1.165, 1.54) is 0 Å². The number of aromatic nitrogens is 2. The molecular weight excluding hydrogens is 220 g/mol. The number of nitrogens with two attached hydrogens (primary N) is 1. The molecule has 0 spiro atoms. The fourth-order valence-corrected chi connectivity index (χ4v) is 1.41. The highest BCUT2D eigenvalue weighted by atomic mass is 16.3. The van der Waals surface area contributed by atoms with E-state index in [0.717, 1.165) is 0 Å². The van der Waals surface area contributed by atoms with Crippen molar-refractivity contribution in [3.63, 3.8) is 0 Å². The molecule has 1 amide bonds. The van der Waals surface area contributed by atoms with Crippen molar-refractivity contribution in [2.45, 2.75) is 26.4 Å². The van der Waals surface area contributed by atoms with Gasteiger partial charge in [0, 0.05) is 19.3 Å². The first-order valence-electron chi connectivity index (χ1n) is 5.72. The van der Waals surface area contributed by atoms with E-state index >= 15 is 0 Å². The number of aliphatic hydroxyl groups excluding tert-OH is 1. The van der Waals surface area contributed by atoms with Gasteiger partial charge in [-0.3, -0.25) is 4.79 Å². The fraction of sp³-hybridized carbons (Fsp3) is 0.636. The van der Waals surface area contributed by atoms with Gasteiger partial charge in [-0.05, 0) is 5.92 Å². The van der Waals surface area contributed by atoms with Crippen molar-refractivity contribution in [3.8, 4) is 0 Å². The highest BCUT2D eigenvalue weighted by Crippen LogP contribution is 2.03. The second-order valence-corrected chi connectivity index (χ2v) is 4.29. The molecule has 0 aromatic carbocycles. The molecule has 0 aliphatic heterocycles. The quantitative estimate of drug-likeness (QED) is 0.630. The smallest absolute Gasteiger partial charge is 0.271 e. The van der Waals surface area contributed by atoms with Gasteiger partial charge in [0.05, 0.1) is 19.0 Å². The molecule has 6 heteroatoms. The summed E-state index contributed by atoms with van der Waals surface area (Å²) in [6.07, 6.45) is 3.22. The third-order valence-electron chi connectivity index (χ3n) is 2.57. The summed E-state index contributed by atoms with van der Waals surface area (Å²) in [5.74, 6) is -0.0939. The van der Waals surface area contributed by atoms with Crippen LogP contribution >= 0.6 is 0 Å². The SMILES string of the molecule is CC(C)[C@@H](CO)NC(=O)c1cn(CCN)cn1. The summed E-state index contributed by atoms with van der Waals surface area (Å²) in [5, 5.41) is 11.9. The van der Waals surface area contributed by atoms with E-state index < -0.39 is 0 Å². The number of imidazole rings is 1. The van der Waals surface area contributed by atoms with Crippen molar-refractivity contribution in [2.75, 3.05) is 13.2 Å². The maximum atomic E-state index is 11.8. The Bertz CT molecular complexity index is 362. The lowest BCUT2D eigenvalue weighted by Gasteiger charge is -2.19. The van der Waals surface area contributed by atoms with Gasteiger partial charge in [0.25, 0.3) is 5.91 Å². The first-order valence-corrected chi connectivity index (χ1v) is 5.72. The van der Waals surface area contributed by atoms with Crippen LogP contribution in [-0.2, 0) is 6.54 Å². The minimum absolute atomic E-state index is 0.0765. The van der Waals surface area contributed by atoms with Gasteiger partial charge in [0.15, 0.2) is 0 Å². The maximum Gasteiger partial charge on any atom is 0.271 e. The van der Waals surface area contributed by atoms with Crippen LogP contribution in [0.15, 0.2) is 12.5 Å². The summed E-state index contributed by atoms with van der Waals surface area (Å²) in [6.45, 7) is 4.94. The van der Waals surface area contributed by atoms with Crippen LogP contribution in [0.25, 0.3) is 0 Å². The average Bonchev–Trinajstić information content (AvgIpc) is 2.74. The summed E-state index contributed by atoms with van der Waals surface area (Å²) in [6, 6.07) is -0.248. The predicted octanol–water partition coefficient (Wildman–Crippen LogP) is -0.411. The van der Waals surface area contributed by atoms with E-state index in [1.54, 1.807) is 17.1 Å². The maximum absolute atomic E-state index is 11.8. The Morgan fingerprint density at radius 3 is 2.88 bits per heavy atom. The summed E-state index contributed by atoms with van der Waals surface area (Å²) < 4.78 is 1.76. The van der Waals surface area contributed by atoms with Gasteiger partial charge >= 0.3 is 0 Å². The highest BCUT2D eigenvalue weighted by molar-refractivity contribution is 5.92. The van der Waals surface area contributed by atoms with Crippen LogP contribution in [0.1, 0.15) is 24.3 Å². The Hall–Kier alpha value is -1.40. The van der Waals surface area contributed by atoms with Crippen molar-refractivity contribution in [1.29, 1.82) is 0 Å². The standard InChI is InChI=1S/C11H20N4O2/c1-8(2)10(6-16)14-11(17)9-5-15(4-3-12)7-13-9/h5,7-8,10,16H,3-4,6,12H2,1-2H3,(H,14,17)/t10-/m1/s1. The molecule has 4 N–H and O–H groups in total. The fourth-order valence-electron chi connectivity index (χ4n) is 1.41. The van der Waals surface area contributed by atoms with Crippen LogP contribution in [0.2, 0.25) is 0 Å². The lowest BCUT2D eigenvalue weighted by Crippen LogP contribution is -2.41. The van der Waals surface area contributed by atoms with E-state index in [-0.39, 0.29) is 24.5 Å². The molecular formula is C11H20N4O2. The molecule has 1 rings (SSSR count). The van der Waals surface area contributed by atoms with Gasteiger partial charge in [-0.2, -0.15) is 0 Å². The van der Waals surface area contributed by atoms with E-state index in [4.69, 9.17) is 10.8 Å². The molecule has 1 aromatic rings. The van der Waals surface area contributed by atoms with E-state index in [0.29, 0.717) is 18.8 Å². The van der Waals surface area contributed by atoms with E-state index in [1.807, 2.05) is 13.8 Å². The predicted molar refractivity (Wildman–Crippen MR) is 64.5 cm³/mol. The van der Waals surface area contributed by atoms with Gasteiger partial charge < -0.3 is 20.7 Å². The molecule has 0 aliphatic rings. The summed E-state index contributed by atoms with van der Waals surface area (Å²) >= 11 is 0. The number of nitrogens with one attached hydrogen (secondary N) is 1. The van der Waals surface area contributed by atoms with Crippen LogP contribution in [0.3, 0.4) is 0 Å². The van der Waals surface area contributed by atoms with Crippen LogP contribution in [0.5, 0.6) is 0 Å². The molecule has 1 heterocycles. The number of amides is 1. The number of rotatable bonds is 6. The molecule has 0 fully saturated rings. The number of nitrogens with zero attached hydrogens (tertiary/aromatic N) is 2. The Balaban J connectivity index is 2.62. The zero-order valence-electron chi connectivity index (χ0n) is 10.3. The number of aliphatic hydroxyl groups is 1. The molecule has 6 nitrogen and oxygen atoms in total. The van der Waals surface area contributed by atoms with Gasteiger partial charge in [-0.1, -0.05) is 13.8 Å². The number of carbonyl (C=O) groups is 1.